The molecule has 2 heterocycles. The first kappa shape index (κ1) is 35.6. The summed E-state index contributed by atoms with van der Waals surface area (Å²) in [6.45, 7) is 12.7. The zero-order valence-corrected chi connectivity index (χ0v) is 28.3. The van der Waals surface area contributed by atoms with Crippen LogP contribution in [0.3, 0.4) is 0 Å². The second-order valence-corrected chi connectivity index (χ2v) is 15.3. The van der Waals surface area contributed by atoms with Crippen molar-refractivity contribution in [1.82, 2.24) is 15.1 Å². The Morgan fingerprint density at radius 3 is 2.02 bits per heavy atom. The molecule has 254 valence electrons. The van der Waals surface area contributed by atoms with E-state index < -0.39 is 54.9 Å². The molecular weight excluding hydrogens is 649 g/mol. The molecule has 2 aromatic heterocycles. The SMILES string of the molecule is CC(C)S(=O)(=O)c1ccc(-c2cnc(N(C(=O)OC(C)(C)C)C(=O)OC(C)(C)C)c(-c3cc(-c4ccc([N+](=O)[O-])cc4F)no3)n2)cc1. The van der Waals surface area contributed by atoms with Gasteiger partial charge in [-0.05, 0) is 73.6 Å². The summed E-state index contributed by atoms with van der Waals surface area (Å²) in [6.07, 6.45) is -1.05. The molecule has 14 nitrogen and oxygen atoms in total. The lowest BCUT2D eigenvalue weighted by atomic mass is 10.1. The lowest BCUT2D eigenvalue weighted by molar-refractivity contribution is -0.385. The van der Waals surface area contributed by atoms with E-state index in [0.717, 1.165) is 18.2 Å². The molecule has 0 fully saturated rings. The van der Waals surface area contributed by atoms with Crippen LogP contribution in [0.5, 0.6) is 0 Å². The molecule has 0 saturated heterocycles. The maximum Gasteiger partial charge on any atom is 0.425 e. The highest BCUT2D eigenvalue weighted by Gasteiger charge is 2.37. The molecule has 0 saturated carbocycles. The van der Waals surface area contributed by atoms with Gasteiger partial charge in [-0.3, -0.25) is 10.1 Å². The Kier molecular flexibility index (Phi) is 9.72. The lowest BCUT2D eigenvalue weighted by Crippen LogP contribution is -2.44. The Morgan fingerprint density at radius 2 is 1.52 bits per heavy atom. The molecule has 16 heteroatoms. The van der Waals surface area contributed by atoms with Crippen molar-refractivity contribution in [2.45, 2.75) is 76.7 Å². The summed E-state index contributed by atoms with van der Waals surface area (Å²) < 4.78 is 56.7. The fourth-order valence-corrected chi connectivity index (χ4v) is 5.20. The minimum Gasteiger partial charge on any atom is -0.443 e. The number of hydrogen-bond acceptors (Lipinski definition) is 12. The summed E-state index contributed by atoms with van der Waals surface area (Å²) in [4.78, 5) is 46.9. The van der Waals surface area contributed by atoms with Crippen molar-refractivity contribution in [2.24, 2.45) is 0 Å². The molecule has 4 aromatic rings. The summed E-state index contributed by atoms with van der Waals surface area (Å²) in [6, 6.07) is 10.1. The van der Waals surface area contributed by atoms with E-state index in [1.54, 1.807) is 55.4 Å². The van der Waals surface area contributed by atoms with Gasteiger partial charge in [0.2, 0.25) is 0 Å². The number of hydrogen-bond donors (Lipinski definition) is 0. The predicted molar refractivity (Wildman–Crippen MR) is 172 cm³/mol. The van der Waals surface area contributed by atoms with Gasteiger partial charge in [-0.25, -0.2) is 32.4 Å². The van der Waals surface area contributed by atoms with Gasteiger partial charge < -0.3 is 14.0 Å². The monoisotopic (exact) mass is 683 g/mol. The molecule has 0 unspecified atom stereocenters. The summed E-state index contributed by atoms with van der Waals surface area (Å²) in [5.41, 5.74) is -2.41. The van der Waals surface area contributed by atoms with E-state index in [4.69, 9.17) is 14.0 Å². The number of nitrogens with zero attached hydrogens (tertiary/aromatic N) is 5. The van der Waals surface area contributed by atoms with Crippen molar-refractivity contribution in [2.75, 3.05) is 4.90 Å². The van der Waals surface area contributed by atoms with Crippen molar-refractivity contribution < 1.29 is 41.3 Å². The number of rotatable bonds is 7. The number of anilines is 1. The Balaban J connectivity index is 1.92. The van der Waals surface area contributed by atoms with Crippen molar-refractivity contribution in [1.29, 1.82) is 0 Å². The number of imide groups is 1. The summed E-state index contributed by atoms with van der Waals surface area (Å²) >= 11 is 0. The van der Waals surface area contributed by atoms with Gasteiger partial charge in [0.05, 0.1) is 33.0 Å². The number of aromatic nitrogens is 3. The maximum atomic E-state index is 14.9. The molecule has 2 amide bonds. The number of non-ortho nitro benzene ring substituents is 1. The average molecular weight is 684 g/mol. The van der Waals surface area contributed by atoms with Gasteiger partial charge in [-0.1, -0.05) is 17.3 Å². The molecular formula is C32H34FN5O9S. The molecule has 0 N–H and O–H groups in total. The van der Waals surface area contributed by atoms with Crippen LogP contribution in [0, 0.1) is 15.9 Å². The number of sulfone groups is 1. The van der Waals surface area contributed by atoms with Crippen LogP contribution in [-0.4, -0.2) is 57.1 Å². The van der Waals surface area contributed by atoms with E-state index in [0.29, 0.717) is 10.5 Å². The van der Waals surface area contributed by atoms with E-state index >= 15 is 0 Å². The van der Waals surface area contributed by atoms with E-state index in [1.165, 1.54) is 36.5 Å². The maximum absolute atomic E-state index is 14.9. The zero-order valence-electron chi connectivity index (χ0n) is 27.5. The Morgan fingerprint density at radius 1 is 0.938 bits per heavy atom. The minimum atomic E-state index is -3.57. The van der Waals surface area contributed by atoms with Gasteiger partial charge in [-0.15, -0.1) is 0 Å². The number of nitro groups is 1. The van der Waals surface area contributed by atoms with Gasteiger partial charge >= 0.3 is 12.2 Å². The molecule has 0 spiro atoms. The molecule has 48 heavy (non-hydrogen) atoms. The lowest BCUT2D eigenvalue weighted by Gasteiger charge is -2.28. The smallest absolute Gasteiger partial charge is 0.425 e. The number of nitro benzene ring substituents is 1. The van der Waals surface area contributed by atoms with E-state index in [-0.39, 0.29) is 39.1 Å². The zero-order chi connectivity index (χ0) is 35.8. The third-order valence-electron chi connectivity index (χ3n) is 6.40. The Hall–Kier alpha value is -5.25. The van der Waals surface area contributed by atoms with Gasteiger partial charge in [0, 0.05) is 23.3 Å². The van der Waals surface area contributed by atoms with Crippen LogP contribution in [-0.2, 0) is 19.3 Å². The van der Waals surface area contributed by atoms with Crippen LogP contribution in [0.1, 0.15) is 55.4 Å². The van der Waals surface area contributed by atoms with Crippen molar-refractivity contribution >= 4 is 33.5 Å². The minimum absolute atomic E-state index is 0.0834. The van der Waals surface area contributed by atoms with Gasteiger partial charge in [0.25, 0.3) is 5.69 Å². The fourth-order valence-electron chi connectivity index (χ4n) is 4.14. The summed E-state index contributed by atoms with van der Waals surface area (Å²) in [5.74, 6) is -1.51. The average Bonchev–Trinajstić information content (AvgIpc) is 3.45. The Labute approximate surface area is 276 Å². The highest BCUT2D eigenvalue weighted by atomic mass is 32.2. The van der Waals surface area contributed by atoms with E-state index in [2.05, 4.69) is 15.1 Å². The third-order valence-corrected chi connectivity index (χ3v) is 8.57. The second-order valence-electron chi connectivity index (χ2n) is 12.8. The molecule has 4 rings (SSSR count). The van der Waals surface area contributed by atoms with Crippen LogP contribution >= 0.6 is 0 Å². The molecule has 0 aliphatic carbocycles. The second kappa shape index (κ2) is 13.1. The Bertz CT molecular complexity index is 1950. The van der Waals surface area contributed by atoms with Crippen molar-refractivity contribution in [3.63, 3.8) is 0 Å². The molecule has 0 radical (unpaired) electrons. The van der Waals surface area contributed by atoms with Crippen LogP contribution in [0.25, 0.3) is 34.0 Å². The van der Waals surface area contributed by atoms with Gasteiger partial charge in [0.15, 0.2) is 27.1 Å². The largest absolute Gasteiger partial charge is 0.443 e. The number of carbonyl (C=O) groups is 2. The van der Waals surface area contributed by atoms with E-state index in [9.17, 15) is 32.5 Å². The highest BCUT2D eigenvalue weighted by Crippen LogP contribution is 2.35. The number of ether oxygens (including phenoxy) is 2. The van der Waals surface area contributed by atoms with Gasteiger partial charge in [-0.2, -0.15) is 4.90 Å². The topological polar surface area (TPSA) is 185 Å². The third kappa shape index (κ3) is 7.99. The quantitative estimate of drug-likeness (QED) is 0.139. The van der Waals surface area contributed by atoms with Crippen molar-refractivity contribution in [3.8, 4) is 34.0 Å². The molecule has 0 aliphatic heterocycles. The first-order valence-corrected chi connectivity index (χ1v) is 16.1. The molecule has 0 atom stereocenters. The first-order valence-electron chi connectivity index (χ1n) is 14.6. The van der Waals surface area contributed by atoms with Crippen LogP contribution in [0.2, 0.25) is 0 Å². The molecule has 0 aliphatic rings. The van der Waals surface area contributed by atoms with E-state index in [1.807, 2.05) is 0 Å². The number of amides is 2. The standard InChI is InChI=1S/C32H34FN5O9S/c1-18(2)48(43,44)21-12-9-19(10-13-21)25-17-34-28(37(29(39)45-31(3,4)5)30(40)46-32(6,7)8)27(35-25)26-16-24(36-47-26)22-14-11-20(38(41)42)15-23(22)33/h9-18H,1-8H3. The summed E-state index contributed by atoms with van der Waals surface area (Å²) in [7, 11) is -3.57. The predicted octanol–water partition coefficient (Wildman–Crippen LogP) is 7.37. The normalized spacial score (nSPS) is 12.1. The summed E-state index contributed by atoms with van der Waals surface area (Å²) in [5, 5.41) is 14.3. The number of benzene rings is 2. The number of halogens is 1. The van der Waals surface area contributed by atoms with Crippen molar-refractivity contribution in [3.05, 3.63) is 70.7 Å². The molecule has 2 aromatic carbocycles. The van der Waals surface area contributed by atoms with Crippen LogP contribution in [0.4, 0.5) is 25.5 Å². The highest BCUT2D eigenvalue weighted by molar-refractivity contribution is 7.92. The van der Waals surface area contributed by atoms with Crippen LogP contribution < -0.4 is 4.90 Å². The number of carbonyl (C=O) groups excluding carboxylic acids is 2. The van der Waals surface area contributed by atoms with Gasteiger partial charge in [0.1, 0.15) is 22.7 Å². The van der Waals surface area contributed by atoms with Crippen LogP contribution in [0.15, 0.2) is 64.1 Å². The molecule has 0 bridgehead atoms. The fraction of sp³-hybridized carbons (Fsp3) is 0.344. The first-order chi connectivity index (χ1) is 22.2.